The number of carbonyl (C=O) groups excluding carboxylic acids is 1. The molecule has 1 aliphatic carbocycles. The highest BCUT2D eigenvalue weighted by Crippen LogP contribution is 2.29. The van der Waals surface area contributed by atoms with Crippen molar-refractivity contribution in [2.75, 3.05) is 6.61 Å². The van der Waals surface area contributed by atoms with E-state index in [1.165, 1.54) is 19.3 Å². The van der Waals surface area contributed by atoms with Crippen LogP contribution in [0.2, 0.25) is 0 Å². The quantitative estimate of drug-likeness (QED) is 0.688. The van der Waals surface area contributed by atoms with Gasteiger partial charge in [-0.3, -0.25) is 4.79 Å². The first-order valence-corrected chi connectivity index (χ1v) is 6.08. The highest BCUT2D eigenvalue weighted by atomic mass is 16.5. The van der Waals surface area contributed by atoms with Gasteiger partial charge in [-0.1, -0.05) is 33.1 Å². The van der Waals surface area contributed by atoms with E-state index in [1.54, 1.807) is 0 Å². The Kier molecular flexibility index (Phi) is 4.58. The summed E-state index contributed by atoms with van der Waals surface area (Å²) in [7, 11) is 0. The fourth-order valence-corrected chi connectivity index (χ4v) is 1.78. The largest absolute Gasteiger partial charge is 0.464 e. The van der Waals surface area contributed by atoms with Crippen LogP contribution in [0.1, 0.15) is 52.4 Å². The summed E-state index contributed by atoms with van der Waals surface area (Å²) in [5.41, 5.74) is 5.16. The average Bonchev–Trinajstić information content (AvgIpc) is 2.20. The van der Waals surface area contributed by atoms with E-state index in [0.717, 1.165) is 12.3 Å². The minimum Gasteiger partial charge on any atom is -0.464 e. The Bertz CT molecular complexity index is 208. The molecule has 0 saturated heterocycles. The second kappa shape index (κ2) is 5.50. The number of ether oxygens (including phenoxy) is 1. The molecule has 0 bridgehead atoms. The predicted octanol–water partition coefficient (Wildman–Crippen LogP) is 2.24. The SMILES string of the molecule is CCC(N)(CC)C(=O)OCCC1CCC1. The number of esters is 1. The molecule has 0 amide bonds. The van der Waals surface area contributed by atoms with Crippen LogP contribution in [0.5, 0.6) is 0 Å². The average molecular weight is 213 g/mol. The molecule has 0 radical (unpaired) electrons. The third kappa shape index (κ3) is 3.20. The van der Waals surface area contributed by atoms with Gasteiger partial charge in [0, 0.05) is 0 Å². The monoisotopic (exact) mass is 213 g/mol. The van der Waals surface area contributed by atoms with E-state index in [0.29, 0.717) is 19.4 Å². The first-order chi connectivity index (χ1) is 7.12. The molecule has 0 aliphatic heterocycles. The summed E-state index contributed by atoms with van der Waals surface area (Å²) in [5, 5.41) is 0. The van der Waals surface area contributed by atoms with E-state index in [4.69, 9.17) is 10.5 Å². The second-order valence-electron chi connectivity index (χ2n) is 4.58. The molecule has 0 unspecified atom stereocenters. The molecule has 1 rings (SSSR count). The van der Waals surface area contributed by atoms with Gasteiger partial charge in [0.15, 0.2) is 0 Å². The summed E-state index contributed by atoms with van der Waals surface area (Å²) in [4.78, 5) is 11.7. The molecular formula is C12H23NO2. The molecule has 0 spiro atoms. The molecule has 0 aromatic rings. The summed E-state index contributed by atoms with van der Waals surface area (Å²) < 4.78 is 5.23. The van der Waals surface area contributed by atoms with Crippen molar-refractivity contribution in [1.82, 2.24) is 0 Å². The lowest BCUT2D eigenvalue weighted by Crippen LogP contribution is -2.48. The molecule has 1 fully saturated rings. The van der Waals surface area contributed by atoms with Crippen LogP contribution < -0.4 is 5.73 Å². The molecule has 1 aliphatic rings. The summed E-state index contributed by atoms with van der Waals surface area (Å²) in [6, 6.07) is 0. The van der Waals surface area contributed by atoms with Gasteiger partial charge in [0.2, 0.25) is 0 Å². The van der Waals surface area contributed by atoms with Crippen LogP contribution in [0.25, 0.3) is 0 Å². The number of nitrogens with two attached hydrogens (primary N) is 1. The molecule has 15 heavy (non-hydrogen) atoms. The Balaban J connectivity index is 2.21. The van der Waals surface area contributed by atoms with Gasteiger partial charge in [-0.05, 0) is 25.2 Å². The lowest BCUT2D eigenvalue weighted by atomic mass is 9.83. The standard InChI is InChI=1S/C12H23NO2/c1-3-12(13,4-2)11(14)15-9-8-10-6-5-7-10/h10H,3-9,13H2,1-2H3. The lowest BCUT2D eigenvalue weighted by Gasteiger charge is -2.27. The zero-order chi connectivity index (χ0) is 11.3. The molecule has 3 heteroatoms. The van der Waals surface area contributed by atoms with Gasteiger partial charge in [-0.2, -0.15) is 0 Å². The fraction of sp³-hybridized carbons (Fsp3) is 0.917. The van der Waals surface area contributed by atoms with Crippen molar-refractivity contribution < 1.29 is 9.53 Å². The third-order valence-electron chi connectivity index (χ3n) is 3.65. The number of hydrogen-bond donors (Lipinski definition) is 1. The van der Waals surface area contributed by atoms with Gasteiger partial charge in [0.25, 0.3) is 0 Å². The summed E-state index contributed by atoms with van der Waals surface area (Å²) in [6.45, 7) is 4.40. The van der Waals surface area contributed by atoms with Gasteiger partial charge >= 0.3 is 5.97 Å². The molecule has 3 nitrogen and oxygen atoms in total. The normalized spacial score (nSPS) is 17.3. The zero-order valence-corrected chi connectivity index (χ0v) is 9.92. The van der Waals surface area contributed by atoms with E-state index in [1.807, 2.05) is 13.8 Å². The van der Waals surface area contributed by atoms with Gasteiger partial charge in [0.1, 0.15) is 5.54 Å². The smallest absolute Gasteiger partial charge is 0.326 e. The van der Waals surface area contributed by atoms with Crippen molar-refractivity contribution in [1.29, 1.82) is 0 Å². The molecule has 0 aromatic carbocycles. The minimum atomic E-state index is -0.764. The van der Waals surface area contributed by atoms with E-state index in [-0.39, 0.29) is 5.97 Å². The maximum Gasteiger partial charge on any atom is 0.326 e. The minimum absolute atomic E-state index is 0.230. The Morgan fingerprint density at radius 1 is 1.40 bits per heavy atom. The van der Waals surface area contributed by atoms with Crippen molar-refractivity contribution in [2.45, 2.75) is 57.9 Å². The predicted molar refractivity (Wildman–Crippen MR) is 60.4 cm³/mol. The van der Waals surface area contributed by atoms with E-state index >= 15 is 0 Å². The maximum absolute atomic E-state index is 11.7. The molecule has 0 atom stereocenters. The van der Waals surface area contributed by atoms with Gasteiger partial charge in [-0.25, -0.2) is 0 Å². The Morgan fingerprint density at radius 3 is 2.40 bits per heavy atom. The third-order valence-corrected chi connectivity index (χ3v) is 3.65. The fourth-order valence-electron chi connectivity index (χ4n) is 1.78. The Labute approximate surface area is 92.4 Å². The first-order valence-electron chi connectivity index (χ1n) is 6.08. The molecule has 0 heterocycles. The summed E-state index contributed by atoms with van der Waals surface area (Å²) in [5.74, 6) is 0.556. The van der Waals surface area contributed by atoms with Crippen LogP contribution in [0.15, 0.2) is 0 Å². The Hall–Kier alpha value is -0.570. The number of hydrogen-bond acceptors (Lipinski definition) is 3. The van der Waals surface area contributed by atoms with E-state index in [2.05, 4.69) is 0 Å². The van der Waals surface area contributed by atoms with Crippen molar-refractivity contribution >= 4 is 5.97 Å². The summed E-state index contributed by atoms with van der Waals surface area (Å²) >= 11 is 0. The first kappa shape index (κ1) is 12.5. The van der Waals surface area contributed by atoms with Crippen LogP contribution in [-0.2, 0) is 9.53 Å². The highest BCUT2D eigenvalue weighted by Gasteiger charge is 2.31. The zero-order valence-electron chi connectivity index (χ0n) is 9.92. The van der Waals surface area contributed by atoms with Crippen LogP contribution in [0, 0.1) is 5.92 Å². The number of carbonyl (C=O) groups is 1. The molecule has 1 saturated carbocycles. The highest BCUT2D eigenvalue weighted by molar-refractivity contribution is 5.80. The van der Waals surface area contributed by atoms with Crippen LogP contribution in [0.4, 0.5) is 0 Å². The van der Waals surface area contributed by atoms with Crippen LogP contribution >= 0.6 is 0 Å². The molecule has 0 aromatic heterocycles. The van der Waals surface area contributed by atoms with Crippen molar-refractivity contribution in [3.8, 4) is 0 Å². The lowest BCUT2D eigenvalue weighted by molar-refractivity contribution is -0.151. The topological polar surface area (TPSA) is 52.3 Å². The maximum atomic E-state index is 11.7. The molecule has 2 N–H and O–H groups in total. The van der Waals surface area contributed by atoms with Crippen molar-refractivity contribution in [3.63, 3.8) is 0 Å². The van der Waals surface area contributed by atoms with Crippen LogP contribution in [0.3, 0.4) is 0 Å². The van der Waals surface area contributed by atoms with Crippen molar-refractivity contribution in [2.24, 2.45) is 11.7 Å². The Morgan fingerprint density at radius 2 is 2.00 bits per heavy atom. The van der Waals surface area contributed by atoms with Gasteiger partial charge in [0.05, 0.1) is 6.61 Å². The number of rotatable bonds is 6. The van der Waals surface area contributed by atoms with Crippen molar-refractivity contribution in [3.05, 3.63) is 0 Å². The molecule has 88 valence electrons. The second-order valence-corrected chi connectivity index (χ2v) is 4.58. The van der Waals surface area contributed by atoms with Gasteiger partial charge in [-0.15, -0.1) is 0 Å². The summed E-state index contributed by atoms with van der Waals surface area (Å²) in [6.07, 6.45) is 6.23. The molecular weight excluding hydrogens is 190 g/mol. The van der Waals surface area contributed by atoms with E-state index < -0.39 is 5.54 Å². The van der Waals surface area contributed by atoms with E-state index in [9.17, 15) is 4.79 Å². The van der Waals surface area contributed by atoms with Crippen LogP contribution in [-0.4, -0.2) is 18.1 Å². The van der Waals surface area contributed by atoms with Gasteiger partial charge < -0.3 is 10.5 Å².